The van der Waals surface area contributed by atoms with Gasteiger partial charge in [0.05, 0.1) is 6.66 Å². The van der Waals surface area contributed by atoms with Gasteiger partial charge in [-0.05, 0) is 0 Å². The predicted molar refractivity (Wildman–Crippen MR) is 19.8 cm³/mol. The molecule has 0 aromatic carbocycles. The fraction of sp³-hybridized carbons (Fsp3) is 1.00. The van der Waals surface area contributed by atoms with E-state index in [0.717, 1.165) is 0 Å². The summed E-state index contributed by atoms with van der Waals surface area (Å²) in [5.74, 6) is 0. The summed E-state index contributed by atoms with van der Waals surface area (Å²) in [5, 5.41) is 0. The molecule has 0 heterocycles. The van der Waals surface area contributed by atoms with Gasteiger partial charge in [-0.1, -0.05) is 0 Å². The zero-order valence-corrected chi connectivity index (χ0v) is 3.63. The minimum absolute atomic E-state index is 0. The zero-order valence-electron chi connectivity index (χ0n) is 2.47. The third-order valence-electron chi connectivity index (χ3n) is 0. The van der Waals surface area contributed by atoms with Crippen molar-refractivity contribution in [3.8, 4) is 0 Å². The molecule has 28 valence electrons. The van der Waals surface area contributed by atoms with E-state index in [0.29, 0.717) is 0 Å². The zero-order chi connectivity index (χ0) is 2.71. The maximum Gasteiger partial charge on any atom is 0.113 e. The van der Waals surface area contributed by atoms with Gasteiger partial charge in [-0.2, -0.15) is 0 Å². The fourth-order valence-corrected chi connectivity index (χ4v) is 0. The standard InChI is InChI=1S/CH5OP.H2O/c1-3-2;/h2-3H,1H3;1H2. The van der Waals surface area contributed by atoms with Crippen LogP contribution in [0.4, 0.5) is 0 Å². The molecular weight excluding hydrogens is 75.0 g/mol. The first-order valence-corrected chi connectivity index (χ1v) is 2.51. The normalized spacial score (nSPS) is 7.50. The summed E-state index contributed by atoms with van der Waals surface area (Å²) in [4.78, 5) is 7.65. The van der Waals surface area contributed by atoms with Crippen LogP contribution in [0.3, 0.4) is 0 Å². The summed E-state index contributed by atoms with van der Waals surface area (Å²) in [6.07, 6.45) is 0. The highest BCUT2D eigenvalue weighted by Gasteiger charge is 1.44. The molecule has 3 heteroatoms. The predicted octanol–water partition coefficient (Wildman–Crippen LogP) is -0.243. The van der Waals surface area contributed by atoms with E-state index < -0.39 is 0 Å². The minimum Gasteiger partial charge on any atom is -0.870 e. The summed E-state index contributed by atoms with van der Waals surface area (Å²) in [5.41, 5.74) is 0. The lowest BCUT2D eigenvalue weighted by Gasteiger charge is -1.42. The monoisotopic (exact) mass is 82.0 g/mol. The first-order chi connectivity index (χ1) is 1.41. The molecule has 0 saturated heterocycles. The Morgan fingerprint density at radius 3 is 1.75 bits per heavy atom. The third-order valence-corrected chi connectivity index (χ3v) is 0. The Morgan fingerprint density at radius 2 is 1.75 bits per heavy atom. The molecule has 2 N–H and O–H groups in total. The van der Waals surface area contributed by atoms with Crippen molar-refractivity contribution < 1.29 is 10.4 Å². The highest BCUT2D eigenvalue weighted by molar-refractivity contribution is 7.29. The van der Waals surface area contributed by atoms with E-state index in [1.165, 1.54) is 0 Å². The van der Waals surface area contributed by atoms with Gasteiger partial charge in [-0.15, -0.1) is 0 Å². The number of hydrogen-bond donors (Lipinski definition) is 1. The fourth-order valence-electron chi connectivity index (χ4n) is 0. The largest absolute Gasteiger partial charge is 0.870 e. The Balaban J connectivity index is 0. The topological polar surface area (TPSA) is 50.2 Å². The van der Waals surface area contributed by atoms with Crippen molar-refractivity contribution in [3.63, 3.8) is 0 Å². The van der Waals surface area contributed by atoms with Gasteiger partial charge in [0, 0.05) is 0 Å². The van der Waals surface area contributed by atoms with Gasteiger partial charge in [0.25, 0.3) is 0 Å². The van der Waals surface area contributed by atoms with E-state index in [4.69, 9.17) is 4.89 Å². The van der Waals surface area contributed by atoms with E-state index in [2.05, 4.69) is 0 Å². The van der Waals surface area contributed by atoms with Crippen LogP contribution in [0, 0.1) is 0 Å². The van der Waals surface area contributed by atoms with Gasteiger partial charge in [0.15, 0.2) is 0 Å². The molecule has 0 rings (SSSR count). The van der Waals surface area contributed by atoms with Crippen molar-refractivity contribution in [2.24, 2.45) is 0 Å². The Morgan fingerprint density at radius 1 is 1.75 bits per heavy atom. The quantitative estimate of drug-likeness (QED) is 0.410. The molecule has 0 aliphatic rings. The molecule has 1 atom stereocenters. The molecule has 0 aliphatic carbocycles. The van der Waals surface area contributed by atoms with Crippen LogP contribution in [-0.2, 0) is 0 Å². The van der Waals surface area contributed by atoms with E-state index >= 15 is 0 Å². The second kappa shape index (κ2) is 10.2. The maximum absolute atomic E-state index is 7.65. The lowest BCUT2D eigenvalue weighted by molar-refractivity contribution is 0.651. The summed E-state index contributed by atoms with van der Waals surface area (Å²) in [7, 11) is -0.250. The van der Waals surface area contributed by atoms with E-state index in [1.54, 1.807) is 6.66 Å². The van der Waals surface area contributed by atoms with Crippen LogP contribution in [0.15, 0.2) is 0 Å². The van der Waals surface area contributed by atoms with Crippen molar-refractivity contribution in [2.75, 3.05) is 6.66 Å². The van der Waals surface area contributed by atoms with Gasteiger partial charge in [0.2, 0.25) is 0 Å². The molecule has 0 amide bonds. The van der Waals surface area contributed by atoms with Crippen molar-refractivity contribution in [2.45, 2.75) is 0 Å². The average molecular weight is 82.0 g/mol. The molecule has 4 heavy (non-hydrogen) atoms. The van der Waals surface area contributed by atoms with Crippen LogP contribution in [0.2, 0.25) is 0 Å². The third kappa shape index (κ3) is 35.0. The SMILES string of the molecule is C[PH2+]O.[OH-]. The smallest absolute Gasteiger partial charge is 0.113 e. The molecule has 0 aromatic rings. The average Bonchev–Trinajstić information content (AvgIpc) is 0.918. The number of rotatable bonds is 0. The van der Waals surface area contributed by atoms with Crippen molar-refractivity contribution >= 4 is 8.81 Å². The second-order valence-corrected chi connectivity index (χ2v) is 0.775. The lowest BCUT2D eigenvalue weighted by atomic mass is 12.0. The Kier molecular flexibility index (Phi) is 22.4. The molecular formula is CH7O2P. The van der Waals surface area contributed by atoms with E-state index in [1.807, 2.05) is 0 Å². The van der Waals surface area contributed by atoms with Gasteiger partial charge in [0.1, 0.15) is 8.81 Å². The first kappa shape index (κ1) is 8.84. The maximum atomic E-state index is 7.65. The lowest BCUT2D eigenvalue weighted by Crippen LogP contribution is -1.21. The Labute approximate surface area is 27.0 Å². The van der Waals surface area contributed by atoms with Gasteiger partial charge < -0.3 is 5.48 Å². The van der Waals surface area contributed by atoms with Crippen LogP contribution >= 0.6 is 8.81 Å². The molecule has 0 bridgehead atoms. The minimum atomic E-state index is -0.250. The molecule has 0 aliphatic heterocycles. The van der Waals surface area contributed by atoms with Crippen LogP contribution in [0.5, 0.6) is 0 Å². The van der Waals surface area contributed by atoms with Gasteiger partial charge in [-0.3, -0.25) is 4.89 Å². The Hall–Kier alpha value is 0.350. The van der Waals surface area contributed by atoms with Gasteiger partial charge in [-0.25, -0.2) is 0 Å². The molecule has 0 radical (unpaired) electrons. The van der Waals surface area contributed by atoms with Crippen LogP contribution in [0.25, 0.3) is 0 Å². The van der Waals surface area contributed by atoms with Crippen LogP contribution in [0.1, 0.15) is 0 Å². The van der Waals surface area contributed by atoms with E-state index in [-0.39, 0.29) is 14.3 Å². The first-order valence-electron chi connectivity index (χ1n) is 0.836. The second-order valence-electron chi connectivity index (χ2n) is 0.258. The van der Waals surface area contributed by atoms with Crippen LogP contribution in [-0.4, -0.2) is 17.0 Å². The highest BCUT2D eigenvalue weighted by atomic mass is 31.1. The molecule has 0 aromatic heterocycles. The van der Waals surface area contributed by atoms with Crippen LogP contribution < -0.4 is 0 Å². The molecule has 0 fully saturated rings. The van der Waals surface area contributed by atoms with Crippen molar-refractivity contribution in [1.29, 1.82) is 0 Å². The van der Waals surface area contributed by atoms with Gasteiger partial charge >= 0.3 is 0 Å². The Bertz CT molecular complexity index is 6.00. The number of hydrogen-bond acceptors (Lipinski definition) is 2. The van der Waals surface area contributed by atoms with E-state index in [9.17, 15) is 0 Å². The summed E-state index contributed by atoms with van der Waals surface area (Å²) < 4.78 is 0. The molecule has 2 nitrogen and oxygen atoms in total. The van der Waals surface area contributed by atoms with Crippen molar-refractivity contribution in [3.05, 3.63) is 0 Å². The molecule has 0 saturated carbocycles. The molecule has 0 spiro atoms. The highest BCUT2D eigenvalue weighted by Crippen LogP contribution is 1.83. The summed E-state index contributed by atoms with van der Waals surface area (Å²) in [6, 6.07) is 0. The van der Waals surface area contributed by atoms with Crippen molar-refractivity contribution in [1.82, 2.24) is 0 Å². The molecule has 1 unspecified atom stereocenters. The summed E-state index contributed by atoms with van der Waals surface area (Å²) >= 11 is 0. The summed E-state index contributed by atoms with van der Waals surface area (Å²) in [6.45, 7) is 1.76.